The van der Waals surface area contributed by atoms with E-state index in [9.17, 15) is 8.42 Å². The largest absolute Gasteiger partial charge is 0.366 e. The molecule has 5 rings (SSSR count). The summed E-state index contributed by atoms with van der Waals surface area (Å²) >= 11 is 0. The first-order chi connectivity index (χ1) is 15.4. The summed E-state index contributed by atoms with van der Waals surface area (Å²) in [5.74, 6) is 2.53. The third-order valence-electron chi connectivity index (χ3n) is 6.09. The Kier molecular flexibility index (Phi) is 5.55. The molecule has 0 radical (unpaired) electrons. The van der Waals surface area contributed by atoms with Crippen LogP contribution in [0.1, 0.15) is 36.3 Å². The van der Waals surface area contributed by atoms with Gasteiger partial charge in [-0.3, -0.25) is 0 Å². The highest BCUT2D eigenvalue weighted by Gasteiger charge is 2.28. The number of anilines is 2. The Hall–Kier alpha value is -3.00. The summed E-state index contributed by atoms with van der Waals surface area (Å²) < 4.78 is 23.7. The van der Waals surface area contributed by atoms with Gasteiger partial charge in [-0.15, -0.1) is 0 Å². The lowest BCUT2D eigenvalue weighted by atomic mass is 10.1. The maximum atomic E-state index is 11.9. The van der Waals surface area contributed by atoms with E-state index < -0.39 is 9.84 Å². The monoisotopic (exact) mass is 449 g/mol. The van der Waals surface area contributed by atoms with Crippen molar-refractivity contribution >= 4 is 44.5 Å². The maximum Gasteiger partial charge on any atom is 0.156 e. The van der Waals surface area contributed by atoms with E-state index in [1.807, 2.05) is 43.3 Å². The Morgan fingerprint density at radius 2 is 1.88 bits per heavy atom. The van der Waals surface area contributed by atoms with Crippen molar-refractivity contribution in [1.82, 2.24) is 15.0 Å². The van der Waals surface area contributed by atoms with Gasteiger partial charge in [0.25, 0.3) is 0 Å². The number of nitrogens with one attached hydrogen (secondary N) is 1. The average Bonchev–Trinajstić information content (AvgIpc) is 3.42. The van der Waals surface area contributed by atoms with E-state index in [-0.39, 0.29) is 17.5 Å². The maximum absolute atomic E-state index is 11.9. The van der Waals surface area contributed by atoms with E-state index >= 15 is 0 Å². The number of benzene rings is 1. The predicted octanol–water partition coefficient (Wildman–Crippen LogP) is 3.70. The highest BCUT2D eigenvalue weighted by Crippen LogP contribution is 2.24. The van der Waals surface area contributed by atoms with Crippen LogP contribution >= 0.6 is 0 Å². The normalized spacial score (nSPS) is 20.4. The number of pyridine rings is 1. The molecule has 8 heteroatoms. The van der Waals surface area contributed by atoms with E-state index in [0.29, 0.717) is 18.1 Å². The van der Waals surface area contributed by atoms with Gasteiger partial charge in [0.2, 0.25) is 0 Å². The number of aryl methyl sites for hydroxylation is 1. The molecule has 2 fully saturated rings. The van der Waals surface area contributed by atoms with Crippen molar-refractivity contribution < 1.29 is 8.42 Å². The molecule has 3 aromatic rings. The molecule has 2 saturated heterocycles. The van der Waals surface area contributed by atoms with Gasteiger partial charge in [-0.2, -0.15) is 0 Å². The quantitative estimate of drug-likeness (QED) is 0.635. The van der Waals surface area contributed by atoms with Crippen LogP contribution in [-0.2, 0) is 9.84 Å². The molecular formula is C24H27N5O2S. The molecule has 1 aromatic carbocycles. The first-order valence-corrected chi connectivity index (χ1v) is 12.9. The summed E-state index contributed by atoms with van der Waals surface area (Å²) in [5, 5.41) is 4.45. The fourth-order valence-electron chi connectivity index (χ4n) is 4.39. The molecule has 166 valence electrons. The molecule has 0 bridgehead atoms. The lowest BCUT2D eigenvalue weighted by Crippen LogP contribution is -2.23. The van der Waals surface area contributed by atoms with Crippen molar-refractivity contribution in [2.45, 2.75) is 32.2 Å². The smallest absolute Gasteiger partial charge is 0.156 e. The molecule has 1 atom stereocenters. The Labute approximate surface area is 188 Å². The van der Waals surface area contributed by atoms with Crippen LogP contribution in [0.3, 0.4) is 0 Å². The summed E-state index contributed by atoms with van der Waals surface area (Å²) in [5.41, 5.74) is 2.93. The Morgan fingerprint density at radius 3 is 2.66 bits per heavy atom. The summed E-state index contributed by atoms with van der Waals surface area (Å²) in [6.45, 7) is 4.00. The van der Waals surface area contributed by atoms with Crippen LogP contribution in [0.15, 0.2) is 36.4 Å². The number of sulfone groups is 1. The molecule has 0 saturated carbocycles. The third kappa shape index (κ3) is 4.60. The fourth-order valence-corrected chi connectivity index (χ4v) is 6.06. The molecule has 1 N–H and O–H groups in total. The molecule has 0 aliphatic carbocycles. The number of hydrogen-bond donors (Lipinski definition) is 1. The van der Waals surface area contributed by atoms with Crippen molar-refractivity contribution in [3.05, 3.63) is 53.5 Å². The van der Waals surface area contributed by atoms with Gasteiger partial charge in [-0.25, -0.2) is 23.4 Å². The van der Waals surface area contributed by atoms with Crippen LogP contribution in [0.4, 0.5) is 11.6 Å². The summed E-state index contributed by atoms with van der Waals surface area (Å²) in [6, 6.07) is 12.0. The molecule has 32 heavy (non-hydrogen) atoms. The van der Waals surface area contributed by atoms with Crippen molar-refractivity contribution in [2.24, 2.45) is 0 Å². The van der Waals surface area contributed by atoms with Crippen LogP contribution < -0.4 is 10.2 Å². The molecule has 4 heterocycles. The van der Waals surface area contributed by atoms with Gasteiger partial charge in [0, 0.05) is 30.6 Å². The van der Waals surface area contributed by atoms with Gasteiger partial charge in [0.05, 0.1) is 22.7 Å². The second kappa shape index (κ2) is 8.50. The molecule has 2 aliphatic heterocycles. The topological polar surface area (TPSA) is 88.1 Å². The molecule has 0 unspecified atom stereocenters. The van der Waals surface area contributed by atoms with Crippen molar-refractivity contribution in [3.63, 3.8) is 0 Å². The van der Waals surface area contributed by atoms with Gasteiger partial charge in [-0.1, -0.05) is 18.2 Å². The van der Waals surface area contributed by atoms with Crippen LogP contribution in [-0.4, -0.2) is 54.0 Å². The van der Waals surface area contributed by atoms with E-state index in [1.54, 1.807) is 0 Å². The zero-order valence-corrected chi connectivity index (χ0v) is 19.0. The second-order valence-electron chi connectivity index (χ2n) is 8.62. The van der Waals surface area contributed by atoms with E-state index in [4.69, 9.17) is 9.97 Å². The number of para-hydroxylation sites is 1. The number of aromatic nitrogens is 3. The molecule has 2 aromatic heterocycles. The lowest BCUT2D eigenvalue weighted by molar-refractivity contribution is 0.602. The minimum absolute atomic E-state index is 0.109. The predicted molar refractivity (Wildman–Crippen MR) is 130 cm³/mol. The zero-order valence-electron chi connectivity index (χ0n) is 18.2. The lowest BCUT2D eigenvalue weighted by Gasteiger charge is -2.19. The Morgan fingerprint density at radius 1 is 1.06 bits per heavy atom. The van der Waals surface area contributed by atoms with Gasteiger partial charge < -0.3 is 10.2 Å². The summed E-state index contributed by atoms with van der Waals surface area (Å²) in [7, 11) is -2.96. The number of rotatable bonds is 5. The number of fused-ring (bicyclic) bond motifs is 1. The Balaban J connectivity index is 1.45. The van der Waals surface area contributed by atoms with Gasteiger partial charge in [0.15, 0.2) is 15.7 Å². The SMILES string of the molecule is Cc1cc2ccccc2nc1/C=C/c1nc(N[C@@H]2CCS(=O)(=O)C2)cc(N2CCCC2)n1. The molecular weight excluding hydrogens is 422 g/mol. The van der Waals surface area contributed by atoms with Crippen molar-refractivity contribution in [2.75, 3.05) is 34.8 Å². The molecule has 7 nitrogen and oxygen atoms in total. The van der Waals surface area contributed by atoms with Crippen LogP contribution in [0, 0.1) is 6.92 Å². The Bertz CT molecular complexity index is 1280. The van der Waals surface area contributed by atoms with E-state index in [1.165, 1.54) is 0 Å². The third-order valence-corrected chi connectivity index (χ3v) is 7.86. The first kappa shape index (κ1) is 20.9. The van der Waals surface area contributed by atoms with Crippen molar-refractivity contribution in [1.29, 1.82) is 0 Å². The van der Waals surface area contributed by atoms with Crippen LogP contribution in [0.2, 0.25) is 0 Å². The zero-order chi connectivity index (χ0) is 22.1. The molecule has 0 amide bonds. The molecule has 2 aliphatic rings. The van der Waals surface area contributed by atoms with Crippen molar-refractivity contribution in [3.8, 4) is 0 Å². The number of hydrogen-bond acceptors (Lipinski definition) is 7. The summed E-state index contributed by atoms with van der Waals surface area (Å²) in [4.78, 5) is 16.5. The average molecular weight is 450 g/mol. The first-order valence-electron chi connectivity index (χ1n) is 11.1. The van der Waals surface area contributed by atoms with Gasteiger partial charge in [-0.05, 0) is 56.0 Å². The van der Waals surface area contributed by atoms with E-state index in [2.05, 4.69) is 27.3 Å². The number of nitrogens with zero attached hydrogens (tertiary/aromatic N) is 4. The fraction of sp³-hybridized carbons (Fsp3) is 0.375. The van der Waals surface area contributed by atoms with Gasteiger partial charge in [0.1, 0.15) is 11.6 Å². The second-order valence-corrected chi connectivity index (χ2v) is 10.9. The molecule has 0 spiro atoms. The highest BCUT2D eigenvalue weighted by atomic mass is 32.2. The minimum atomic E-state index is -2.96. The highest BCUT2D eigenvalue weighted by molar-refractivity contribution is 7.91. The minimum Gasteiger partial charge on any atom is -0.366 e. The van der Waals surface area contributed by atoms with Crippen LogP contribution in [0.25, 0.3) is 23.1 Å². The standard InChI is InChI=1S/C24H27N5O2S/c1-17-14-18-6-2-3-7-21(18)26-20(17)8-9-22-27-23(25-19-10-13-32(30,31)16-19)15-24(28-22)29-11-4-5-12-29/h2-3,6-9,14-15,19H,4-5,10-13,16H2,1H3,(H,25,27,28)/b9-8+/t19-/m1/s1. The van der Waals surface area contributed by atoms with E-state index in [0.717, 1.165) is 53.9 Å². The van der Waals surface area contributed by atoms with Gasteiger partial charge >= 0.3 is 0 Å². The summed E-state index contributed by atoms with van der Waals surface area (Å²) in [6.07, 6.45) is 6.75. The van der Waals surface area contributed by atoms with Crippen LogP contribution in [0.5, 0.6) is 0 Å².